The molecule has 0 saturated carbocycles. The summed E-state index contributed by atoms with van der Waals surface area (Å²) in [5.74, 6) is -0.0691. The van der Waals surface area contributed by atoms with Crippen LogP contribution >= 0.6 is 11.8 Å². The van der Waals surface area contributed by atoms with Crippen molar-refractivity contribution in [3.8, 4) is 0 Å². The molecule has 1 heterocycles. The number of hydrogen-bond donors (Lipinski definition) is 0. The molecule has 1 fully saturated rings. The molecule has 1 aliphatic rings. The Balaban J connectivity index is 1.85. The molecule has 2 aromatic carbocycles. The number of thioether (sulfide) groups is 1. The van der Waals surface area contributed by atoms with Gasteiger partial charge in [-0.2, -0.15) is 0 Å². The van der Waals surface area contributed by atoms with E-state index < -0.39 is 5.60 Å². The number of carbonyl (C=O) groups is 1. The van der Waals surface area contributed by atoms with Crippen molar-refractivity contribution in [1.29, 1.82) is 0 Å². The zero-order valence-electron chi connectivity index (χ0n) is 14.0. The zero-order valence-corrected chi connectivity index (χ0v) is 16.6. The second-order valence-electron chi connectivity index (χ2n) is 6.04. The molecule has 24 heavy (non-hydrogen) atoms. The summed E-state index contributed by atoms with van der Waals surface area (Å²) in [6.45, 7) is 2.25. The molecule has 2 aromatic rings. The fraction of sp³-hybridized carbons (Fsp3) is 0.350. The van der Waals surface area contributed by atoms with Gasteiger partial charge >= 0.3 is 155 Å². The number of carbonyl (C=O) groups excluding carboxylic acids is 1. The monoisotopic (exact) mass is 406 g/mol. The summed E-state index contributed by atoms with van der Waals surface area (Å²) >= 11 is 2.14. The third kappa shape index (κ3) is 3.71. The number of benzene rings is 2. The van der Waals surface area contributed by atoms with Crippen LogP contribution < -0.4 is 4.46 Å². The fourth-order valence-corrected chi connectivity index (χ4v) is 6.47. The van der Waals surface area contributed by atoms with Gasteiger partial charge in [-0.1, -0.05) is 0 Å². The van der Waals surface area contributed by atoms with Crippen LogP contribution in [0.3, 0.4) is 0 Å². The second kappa shape index (κ2) is 7.77. The van der Waals surface area contributed by atoms with Crippen molar-refractivity contribution >= 4 is 37.1 Å². The Morgan fingerprint density at radius 3 is 2.54 bits per heavy atom. The molecule has 2 atom stereocenters. The Labute approximate surface area is 154 Å². The van der Waals surface area contributed by atoms with E-state index in [1.807, 2.05) is 30.0 Å². The SMILES string of the molecule is CS[C@@H](C)c1ccccc1[Se]C[C@]1(c2ccccc2)CCC(=O)O1. The molecule has 2 nitrogen and oxygen atoms in total. The van der Waals surface area contributed by atoms with Gasteiger partial charge in [-0.05, 0) is 0 Å². The second-order valence-corrected chi connectivity index (χ2v) is 9.35. The molecule has 0 aliphatic carbocycles. The van der Waals surface area contributed by atoms with Crippen LogP contribution in [0.1, 0.15) is 36.1 Å². The van der Waals surface area contributed by atoms with Crippen molar-refractivity contribution in [2.45, 2.75) is 35.9 Å². The summed E-state index contributed by atoms with van der Waals surface area (Å²) in [5.41, 5.74) is 2.11. The summed E-state index contributed by atoms with van der Waals surface area (Å²) in [5, 5.41) is 1.38. The number of esters is 1. The van der Waals surface area contributed by atoms with E-state index in [1.54, 1.807) is 0 Å². The molecule has 0 aromatic heterocycles. The van der Waals surface area contributed by atoms with Gasteiger partial charge in [0, 0.05) is 0 Å². The maximum atomic E-state index is 11.8. The molecule has 1 saturated heterocycles. The van der Waals surface area contributed by atoms with Crippen molar-refractivity contribution in [1.82, 2.24) is 0 Å². The summed E-state index contributed by atoms with van der Waals surface area (Å²) < 4.78 is 7.28. The van der Waals surface area contributed by atoms with E-state index >= 15 is 0 Å². The van der Waals surface area contributed by atoms with Crippen LogP contribution in [0.2, 0.25) is 5.32 Å². The van der Waals surface area contributed by atoms with E-state index in [0.717, 1.165) is 17.3 Å². The van der Waals surface area contributed by atoms with Crippen LogP contribution in [-0.4, -0.2) is 27.2 Å². The number of rotatable bonds is 6. The summed E-state index contributed by atoms with van der Waals surface area (Å²) in [6.07, 6.45) is 3.46. The van der Waals surface area contributed by atoms with Gasteiger partial charge in [-0.25, -0.2) is 0 Å². The van der Waals surface area contributed by atoms with Gasteiger partial charge in [0.15, 0.2) is 0 Å². The quantitative estimate of drug-likeness (QED) is 0.535. The Bertz CT molecular complexity index is 704. The Morgan fingerprint density at radius 2 is 1.88 bits per heavy atom. The maximum absolute atomic E-state index is 11.8. The van der Waals surface area contributed by atoms with E-state index in [2.05, 4.69) is 49.6 Å². The van der Waals surface area contributed by atoms with Gasteiger partial charge < -0.3 is 0 Å². The molecular formula is C20H22O2SSe. The van der Waals surface area contributed by atoms with Gasteiger partial charge in [-0.15, -0.1) is 0 Å². The molecule has 0 unspecified atom stereocenters. The van der Waals surface area contributed by atoms with E-state index in [-0.39, 0.29) is 20.9 Å². The van der Waals surface area contributed by atoms with Gasteiger partial charge in [0.1, 0.15) is 0 Å². The summed E-state index contributed by atoms with van der Waals surface area (Å²) in [4.78, 5) is 11.8. The Hall–Kier alpha value is -1.22. The number of cyclic esters (lactones) is 1. The van der Waals surface area contributed by atoms with Gasteiger partial charge in [-0.3, -0.25) is 0 Å². The third-order valence-electron chi connectivity index (χ3n) is 4.51. The fourth-order valence-electron chi connectivity index (χ4n) is 3.02. The average Bonchev–Trinajstić information content (AvgIpc) is 3.02. The topological polar surface area (TPSA) is 26.3 Å². The minimum atomic E-state index is -0.436. The predicted molar refractivity (Wildman–Crippen MR) is 102 cm³/mol. The first-order valence-corrected chi connectivity index (χ1v) is 11.5. The van der Waals surface area contributed by atoms with Gasteiger partial charge in [0.25, 0.3) is 0 Å². The van der Waals surface area contributed by atoms with Crippen LogP contribution in [0.5, 0.6) is 0 Å². The van der Waals surface area contributed by atoms with Crippen molar-refractivity contribution in [3.05, 3.63) is 65.7 Å². The molecular weight excluding hydrogens is 383 g/mol. The van der Waals surface area contributed by atoms with Crippen LogP contribution in [0, 0.1) is 0 Å². The normalized spacial score (nSPS) is 21.5. The van der Waals surface area contributed by atoms with Crippen molar-refractivity contribution in [3.63, 3.8) is 0 Å². The number of hydrogen-bond acceptors (Lipinski definition) is 3. The van der Waals surface area contributed by atoms with E-state index in [4.69, 9.17) is 4.74 Å². The van der Waals surface area contributed by atoms with Crippen LogP contribution in [0.15, 0.2) is 54.6 Å². The van der Waals surface area contributed by atoms with Crippen molar-refractivity contribution < 1.29 is 9.53 Å². The van der Waals surface area contributed by atoms with Crippen molar-refractivity contribution in [2.75, 3.05) is 6.26 Å². The summed E-state index contributed by atoms with van der Waals surface area (Å²) in [7, 11) is 0. The first kappa shape index (κ1) is 17.6. The van der Waals surface area contributed by atoms with Crippen molar-refractivity contribution in [2.24, 2.45) is 0 Å². The Morgan fingerprint density at radius 1 is 1.17 bits per heavy atom. The first-order valence-electron chi connectivity index (χ1n) is 8.16. The molecule has 126 valence electrons. The van der Waals surface area contributed by atoms with E-state index in [0.29, 0.717) is 11.7 Å². The standard InChI is InChI=1S/C20H22O2SSe/c1-15(23-2)17-10-6-7-11-18(17)24-14-20(13-12-19(21)22-20)16-8-4-3-5-9-16/h3-11,15H,12-14H2,1-2H3/t15-,20-/m0/s1. The van der Waals surface area contributed by atoms with Gasteiger partial charge in [0.05, 0.1) is 0 Å². The van der Waals surface area contributed by atoms with Gasteiger partial charge in [0.2, 0.25) is 0 Å². The van der Waals surface area contributed by atoms with Crippen LogP contribution in [0.25, 0.3) is 0 Å². The predicted octanol–water partition coefficient (Wildman–Crippen LogP) is 4.09. The molecule has 0 amide bonds. The number of ether oxygens (including phenoxy) is 1. The van der Waals surface area contributed by atoms with Crippen LogP contribution in [-0.2, 0) is 15.1 Å². The third-order valence-corrected chi connectivity index (χ3v) is 8.19. The molecule has 0 spiro atoms. The average molecular weight is 405 g/mol. The van der Waals surface area contributed by atoms with E-state index in [9.17, 15) is 4.79 Å². The Kier molecular flexibility index (Phi) is 5.70. The molecule has 0 radical (unpaired) electrons. The molecule has 3 rings (SSSR count). The molecule has 0 N–H and O–H groups in total. The first-order chi connectivity index (χ1) is 11.6. The molecule has 1 aliphatic heterocycles. The summed E-state index contributed by atoms with van der Waals surface area (Å²) in [6, 6.07) is 18.9. The van der Waals surface area contributed by atoms with E-state index in [1.165, 1.54) is 10.0 Å². The minimum absolute atomic E-state index is 0.0691. The molecule has 4 heteroatoms. The molecule has 0 bridgehead atoms. The zero-order chi connectivity index (χ0) is 17.0. The van der Waals surface area contributed by atoms with Crippen LogP contribution in [0.4, 0.5) is 0 Å².